The molecule has 0 aliphatic carbocycles. The highest BCUT2D eigenvalue weighted by Gasteiger charge is 2.52. The van der Waals surface area contributed by atoms with Gasteiger partial charge in [0, 0.05) is 31.8 Å². The maximum absolute atomic E-state index is 12.6. The van der Waals surface area contributed by atoms with Gasteiger partial charge in [-0.05, 0) is 44.1 Å². The van der Waals surface area contributed by atoms with Crippen LogP contribution in [0.2, 0.25) is 0 Å². The van der Waals surface area contributed by atoms with Gasteiger partial charge in [-0.15, -0.1) is 5.10 Å². The minimum atomic E-state index is -3.34. The van der Waals surface area contributed by atoms with Crippen molar-refractivity contribution in [2.75, 3.05) is 33.1 Å². The Kier molecular flexibility index (Phi) is 5.16. The molecule has 1 amide bonds. The molecule has 0 bridgehead atoms. The minimum Gasteiger partial charge on any atom is -0.383 e. The summed E-state index contributed by atoms with van der Waals surface area (Å²) in [5.41, 5.74) is 0.00717. The first-order valence-electron chi connectivity index (χ1n) is 8.35. The van der Waals surface area contributed by atoms with Crippen molar-refractivity contribution in [1.29, 1.82) is 0 Å². The first-order valence-corrected chi connectivity index (χ1v) is 11.0. The number of aryl methyl sites for hydroxylation is 1. The van der Waals surface area contributed by atoms with Gasteiger partial charge in [-0.25, -0.2) is 8.42 Å². The van der Waals surface area contributed by atoms with E-state index in [1.807, 2.05) is 6.92 Å². The number of carbonyl (C=O) groups excluding carboxylic acids is 1. The molecule has 10 heteroatoms. The standard InChI is InChI=1S/C15H24N4O4S2/c1-11-13(16-17-24-11)14(20)18-8-6-15(7-9-18)5-4-12(10-23-2)19(15)25(3,21)22/h12H,4-10H2,1-3H3/t12-/m1/s1. The zero-order chi connectivity index (χ0) is 18.2. The quantitative estimate of drug-likeness (QED) is 0.761. The maximum atomic E-state index is 12.6. The number of hydrogen-bond acceptors (Lipinski definition) is 7. The zero-order valence-corrected chi connectivity index (χ0v) is 16.4. The van der Waals surface area contributed by atoms with Crippen LogP contribution in [0.25, 0.3) is 0 Å². The van der Waals surface area contributed by atoms with Crippen molar-refractivity contribution in [3.63, 3.8) is 0 Å². The topological polar surface area (TPSA) is 92.7 Å². The van der Waals surface area contributed by atoms with Gasteiger partial charge in [0.25, 0.3) is 5.91 Å². The van der Waals surface area contributed by atoms with E-state index >= 15 is 0 Å². The van der Waals surface area contributed by atoms with Crippen molar-refractivity contribution in [2.24, 2.45) is 0 Å². The Labute approximate surface area is 152 Å². The largest absolute Gasteiger partial charge is 0.383 e. The zero-order valence-electron chi connectivity index (χ0n) is 14.8. The molecule has 25 heavy (non-hydrogen) atoms. The van der Waals surface area contributed by atoms with Gasteiger partial charge in [-0.1, -0.05) is 4.49 Å². The van der Waals surface area contributed by atoms with E-state index < -0.39 is 15.6 Å². The third-order valence-electron chi connectivity index (χ3n) is 5.29. The fraction of sp³-hybridized carbons (Fsp3) is 0.800. The van der Waals surface area contributed by atoms with Crippen LogP contribution in [0.4, 0.5) is 0 Å². The average Bonchev–Trinajstić information content (AvgIpc) is 3.12. The van der Waals surface area contributed by atoms with Gasteiger partial charge in [-0.3, -0.25) is 4.79 Å². The molecule has 0 aromatic carbocycles. The van der Waals surface area contributed by atoms with Crippen LogP contribution in [0.1, 0.15) is 41.0 Å². The third kappa shape index (κ3) is 3.44. The Morgan fingerprint density at radius 3 is 2.56 bits per heavy atom. The van der Waals surface area contributed by atoms with Gasteiger partial charge < -0.3 is 9.64 Å². The molecule has 140 valence electrons. The lowest BCUT2D eigenvalue weighted by atomic mass is 9.86. The van der Waals surface area contributed by atoms with E-state index in [1.165, 1.54) is 17.8 Å². The molecule has 0 unspecified atom stereocenters. The third-order valence-corrected chi connectivity index (χ3v) is 7.32. The van der Waals surface area contributed by atoms with Crippen LogP contribution in [0, 0.1) is 6.92 Å². The highest BCUT2D eigenvalue weighted by molar-refractivity contribution is 7.88. The lowest BCUT2D eigenvalue weighted by molar-refractivity contribution is 0.0499. The summed E-state index contributed by atoms with van der Waals surface area (Å²) in [7, 11) is -1.75. The number of sulfonamides is 1. The van der Waals surface area contributed by atoms with Crippen molar-refractivity contribution in [2.45, 2.75) is 44.2 Å². The van der Waals surface area contributed by atoms with E-state index in [2.05, 4.69) is 9.59 Å². The molecular formula is C15H24N4O4S2. The van der Waals surface area contributed by atoms with Crippen molar-refractivity contribution in [1.82, 2.24) is 18.8 Å². The van der Waals surface area contributed by atoms with E-state index in [0.29, 0.717) is 38.2 Å². The number of carbonyl (C=O) groups is 1. The van der Waals surface area contributed by atoms with Crippen LogP contribution in [-0.2, 0) is 14.8 Å². The molecule has 3 heterocycles. The van der Waals surface area contributed by atoms with E-state index in [0.717, 1.165) is 17.7 Å². The van der Waals surface area contributed by atoms with Crippen LogP contribution < -0.4 is 0 Å². The lowest BCUT2D eigenvalue weighted by Crippen LogP contribution is -2.57. The van der Waals surface area contributed by atoms with Gasteiger partial charge in [0.2, 0.25) is 10.0 Å². The molecular weight excluding hydrogens is 364 g/mol. The van der Waals surface area contributed by atoms with Crippen molar-refractivity contribution >= 4 is 27.5 Å². The number of amides is 1. The Bertz CT molecular complexity index is 740. The molecule has 1 aromatic rings. The molecule has 8 nitrogen and oxygen atoms in total. The van der Waals surface area contributed by atoms with E-state index in [9.17, 15) is 13.2 Å². The van der Waals surface area contributed by atoms with Crippen molar-refractivity contribution < 1.29 is 17.9 Å². The predicted octanol–water partition coefficient (Wildman–Crippen LogP) is 0.892. The number of rotatable bonds is 4. The fourth-order valence-corrected chi connectivity index (χ4v) is 6.34. The second-order valence-electron chi connectivity index (χ2n) is 6.90. The lowest BCUT2D eigenvalue weighted by Gasteiger charge is -2.45. The number of likely N-dealkylation sites (tertiary alicyclic amines) is 1. The van der Waals surface area contributed by atoms with E-state index in [-0.39, 0.29) is 11.9 Å². The number of nitrogens with zero attached hydrogens (tertiary/aromatic N) is 4. The average molecular weight is 389 g/mol. The highest BCUT2D eigenvalue weighted by atomic mass is 32.2. The summed E-state index contributed by atoms with van der Waals surface area (Å²) < 4.78 is 35.5. The molecule has 2 fully saturated rings. The highest BCUT2D eigenvalue weighted by Crippen LogP contribution is 2.43. The van der Waals surface area contributed by atoms with Crippen LogP contribution in [0.15, 0.2) is 0 Å². The molecule has 2 aliphatic rings. The Balaban J connectivity index is 1.76. The van der Waals surface area contributed by atoms with Crippen LogP contribution in [-0.4, -0.2) is 77.8 Å². The summed E-state index contributed by atoms with van der Waals surface area (Å²) in [6, 6.07) is -0.118. The van der Waals surface area contributed by atoms with E-state index in [1.54, 1.807) is 16.3 Å². The van der Waals surface area contributed by atoms with Crippen molar-refractivity contribution in [3.05, 3.63) is 10.6 Å². The number of ether oxygens (including phenoxy) is 1. The van der Waals surface area contributed by atoms with Gasteiger partial charge in [0.1, 0.15) is 0 Å². The van der Waals surface area contributed by atoms with Gasteiger partial charge in [-0.2, -0.15) is 4.31 Å². The normalized spacial score (nSPS) is 24.1. The molecule has 1 spiro atoms. The second kappa shape index (κ2) is 6.90. The summed E-state index contributed by atoms with van der Waals surface area (Å²) in [6.07, 6.45) is 4.16. The number of hydrogen-bond donors (Lipinski definition) is 0. The predicted molar refractivity (Wildman–Crippen MR) is 94.1 cm³/mol. The van der Waals surface area contributed by atoms with Crippen LogP contribution >= 0.6 is 11.5 Å². The second-order valence-corrected chi connectivity index (χ2v) is 9.72. The molecule has 2 aliphatic heterocycles. The molecule has 0 N–H and O–H groups in total. The van der Waals surface area contributed by atoms with Gasteiger partial charge >= 0.3 is 0 Å². The Hall–Kier alpha value is -1.10. The fourth-order valence-electron chi connectivity index (χ4n) is 4.19. The van der Waals surface area contributed by atoms with Crippen LogP contribution in [0.5, 0.6) is 0 Å². The summed E-state index contributed by atoms with van der Waals surface area (Å²) in [4.78, 5) is 15.2. The maximum Gasteiger partial charge on any atom is 0.275 e. The SMILES string of the molecule is COC[C@H]1CCC2(CCN(C(=O)c3nnsc3C)CC2)N1S(C)(=O)=O. The molecule has 0 radical (unpaired) electrons. The smallest absolute Gasteiger partial charge is 0.275 e. The Morgan fingerprint density at radius 1 is 1.36 bits per heavy atom. The first-order chi connectivity index (χ1) is 11.8. The minimum absolute atomic E-state index is 0.113. The summed E-state index contributed by atoms with van der Waals surface area (Å²) in [5.74, 6) is -0.113. The first kappa shape index (κ1) is 18.7. The number of methoxy groups -OCH3 is 1. The Morgan fingerprint density at radius 2 is 2.04 bits per heavy atom. The van der Waals surface area contributed by atoms with Crippen molar-refractivity contribution in [3.8, 4) is 0 Å². The molecule has 0 saturated carbocycles. The molecule has 2 saturated heterocycles. The molecule has 1 atom stereocenters. The summed E-state index contributed by atoms with van der Waals surface area (Å²) in [6.45, 7) is 3.30. The number of piperidine rings is 1. The summed E-state index contributed by atoms with van der Waals surface area (Å²) >= 11 is 1.22. The van der Waals surface area contributed by atoms with Crippen LogP contribution in [0.3, 0.4) is 0 Å². The molecule has 1 aromatic heterocycles. The summed E-state index contributed by atoms with van der Waals surface area (Å²) in [5, 5.41) is 3.92. The van der Waals surface area contributed by atoms with E-state index in [4.69, 9.17) is 4.74 Å². The van der Waals surface area contributed by atoms with Gasteiger partial charge in [0.05, 0.1) is 17.7 Å². The number of aromatic nitrogens is 2. The monoisotopic (exact) mass is 388 g/mol. The molecule has 3 rings (SSSR count). The van der Waals surface area contributed by atoms with Gasteiger partial charge in [0.15, 0.2) is 5.69 Å².